The molecule has 4 heteroatoms. The first-order valence-electron chi connectivity index (χ1n) is 6.28. The third-order valence-electron chi connectivity index (χ3n) is 3.99. The van der Waals surface area contributed by atoms with Crippen molar-refractivity contribution in [2.45, 2.75) is 32.4 Å². The molecular weight excluding hydrogens is 230 g/mol. The maximum atomic E-state index is 11.1. The molecule has 0 amide bonds. The summed E-state index contributed by atoms with van der Waals surface area (Å²) in [7, 11) is 0. The van der Waals surface area contributed by atoms with Gasteiger partial charge in [0.2, 0.25) is 0 Å². The number of carboxylic acid groups (broad SMARTS) is 1. The van der Waals surface area contributed by atoms with Gasteiger partial charge in [0.1, 0.15) is 5.75 Å². The Hall–Kier alpha value is -1.55. The minimum absolute atomic E-state index is 0.0475. The normalized spacial score (nSPS) is 26.1. The molecule has 3 unspecified atom stereocenters. The predicted molar refractivity (Wildman–Crippen MR) is 68.4 cm³/mol. The molecule has 2 rings (SSSR count). The van der Waals surface area contributed by atoms with Crippen molar-refractivity contribution < 1.29 is 15.0 Å². The van der Waals surface area contributed by atoms with Crippen molar-refractivity contribution >= 4 is 5.97 Å². The van der Waals surface area contributed by atoms with Gasteiger partial charge >= 0.3 is 5.97 Å². The first-order valence-corrected chi connectivity index (χ1v) is 6.28. The van der Waals surface area contributed by atoms with Gasteiger partial charge in [-0.1, -0.05) is 12.1 Å². The number of hydrogen-bond donors (Lipinski definition) is 2. The second-order valence-corrected chi connectivity index (χ2v) is 4.98. The Labute approximate surface area is 107 Å². The maximum absolute atomic E-state index is 11.1. The zero-order valence-electron chi connectivity index (χ0n) is 10.7. The summed E-state index contributed by atoms with van der Waals surface area (Å²) in [6, 6.07) is 7.33. The summed E-state index contributed by atoms with van der Waals surface area (Å²) in [4.78, 5) is 13.3. The lowest BCUT2D eigenvalue weighted by Gasteiger charge is -2.30. The zero-order chi connectivity index (χ0) is 13.3. The number of benzene rings is 1. The van der Waals surface area contributed by atoms with E-state index in [1.165, 1.54) is 0 Å². The van der Waals surface area contributed by atoms with Gasteiger partial charge in [0.05, 0.1) is 5.92 Å². The van der Waals surface area contributed by atoms with Crippen LogP contribution in [-0.4, -0.2) is 33.7 Å². The van der Waals surface area contributed by atoms with Crippen LogP contribution in [0.25, 0.3) is 0 Å². The summed E-state index contributed by atoms with van der Waals surface area (Å²) >= 11 is 0. The minimum Gasteiger partial charge on any atom is -0.508 e. The van der Waals surface area contributed by atoms with E-state index in [9.17, 15) is 9.90 Å². The summed E-state index contributed by atoms with van der Waals surface area (Å²) in [6.07, 6.45) is 0.707. The number of aromatic hydroxyl groups is 1. The van der Waals surface area contributed by atoms with Crippen molar-refractivity contribution in [1.82, 2.24) is 4.90 Å². The number of phenolic OH excluding ortho intramolecular Hbond substituents is 1. The first-order chi connectivity index (χ1) is 8.50. The van der Waals surface area contributed by atoms with E-state index >= 15 is 0 Å². The van der Waals surface area contributed by atoms with E-state index < -0.39 is 5.97 Å². The summed E-state index contributed by atoms with van der Waals surface area (Å²) in [5.41, 5.74) is 1.10. The molecule has 1 aromatic carbocycles. The van der Waals surface area contributed by atoms with Gasteiger partial charge < -0.3 is 10.2 Å². The third kappa shape index (κ3) is 2.34. The lowest BCUT2D eigenvalue weighted by atomic mass is 10.0. The van der Waals surface area contributed by atoms with Crippen LogP contribution in [-0.2, 0) is 4.79 Å². The number of hydrogen-bond acceptors (Lipinski definition) is 3. The minimum atomic E-state index is -0.706. The Morgan fingerprint density at radius 3 is 2.50 bits per heavy atom. The number of phenols is 1. The molecule has 3 atom stereocenters. The van der Waals surface area contributed by atoms with Gasteiger partial charge in [0.15, 0.2) is 0 Å². The second kappa shape index (κ2) is 4.98. The van der Waals surface area contributed by atoms with Gasteiger partial charge in [0, 0.05) is 12.1 Å². The van der Waals surface area contributed by atoms with E-state index in [1.807, 2.05) is 19.1 Å². The van der Waals surface area contributed by atoms with E-state index in [0.29, 0.717) is 6.42 Å². The smallest absolute Gasteiger partial charge is 0.308 e. The topological polar surface area (TPSA) is 60.8 Å². The second-order valence-electron chi connectivity index (χ2n) is 4.98. The van der Waals surface area contributed by atoms with Crippen LogP contribution in [0.1, 0.15) is 31.9 Å². The molecule has 2 N–H and O–H groups in total. The van der Waals surface area contributed by atoms with E-state index in [0.717, 1.165) is 12.1 Å². The van der Waals surface area contributed by atoms with Crippen LogP contribution in [0.3, 0.4) is 0 Å². The number of carboxylic acids is 1. The quantitative estimate of drug-likeness (QED) is 0.862. The van der Waals surface area contributed by atoms with Gasteiger partial charge in [-0.25, -0.2) is 0 Å². The zero-order valence-corrected chi connectivity index (χ0v) is 10.7. The van der Waals surface area contributed by atoms with Crippen molar-refractivity contribution in [2.24, 2.45) is 5.92 Å². The Morgan fingerprint density at radius 1 is 1.39 bits per heavy atom. The standard InChI is InChI=1S/C14H19NO3/c1-9(11-3-5-12(16)6-4-11)15-8-7-13(10(15)2)14(17)18/h3-6,9-10,13,16H,7-8H2,1-2H3,(H,17,18). The molecule has 0 aromatic heterocycles. The van der Waals surface area contributed by atoms with E-state index in [-0.39, 0.29) is 23.8 Å². The third-order valence-corrected chi connectivity index (χ3v) is 3.99. The molecule has 4 nitrogen and oxygen atoms in total. The number of likely N-dealkylation sites (tertiary alicyclic amines) is 1. The molecule has 0 bridgehead atoms. The fourth-order valence-corrected chi connectivity index (χ4v) is 2.78. The fourth-order valence-electron chi connectivity index (χ4n) is 2.78. The number of carbonyl (C=O) groups is 1. The fraction of sp³-hybridized carbons (Fsp3) is 0.500. The average Bonchev–Trinajstić information content (AvgIpc) is 2.71. The molecule has 18 heavy (non-hydrogen) atoms. The van der Waals surface area contributed by atoms with Crippen molar-refractivity contribution in [3.8, 4) is 5.75 Å². The molecular formula is C14H19NO3. The monoisotopic (exact) mass is 249 g/mol. The summed E-state index contributed by atoms with van der Waals surface area (Å²) < 4.78 is 0. The van der Waals surface area contributed by atoms with Crippen LogP contribution in [0.5, 0.6) is 5.75 Å². The Bertz CT molecular complexity index is 429. The highest BCUT2D eigenvalue weighted by atomic mass is 16.4. The van der Waals surface area contributed by atoms with Crippen molar-refractivity contribution in [2.75, 3.05) is 6.54 Å². The van der Waals surface area contributed by atoms with Gasteiger partial charge in [-0.2, -0.15) is 0 Å². The first kappa shape index (κ1) is 12.9. The predicted octanol–water partition coefficient (Wildman–Crippen LogP) is 2.25. The summed E-state index contributed by atoms with van der Waals surface area (Å²) in [6.45, 7) is 4.86. The average molecular weight is 249 g/mol. The van der Waals surface area contributed by atoms with Crippen LogP contribution in [0, 0.1) is 5.92 Å². The summed E-state index contributed by atoms with van der Waals surface area (Å²) in [5.74, 6) is -0.726. The van der Waals surface area contributed by atoms with Crippen LogP contribution in [0.4, 0.5) is 0 Å². The maximum Gasteiger partial charge on any atom is 0.308 e. The van der Waals surface area contributed by atoms with E-state index in [1.54, 1.807) is 12.1 Å². The van der Waals surface area contributed by atoms with Crippen molar-refractivity contribution in [3.05, 3.63) is 29.8 Å². The van der Waals surface area contributed by atoms with Gasteiger partial charge in [-0.15, -0.1) is 0 Å². The highest BCUT2D eigenvalue weighted by Crippen LogP contribution is 2.33. The number of nitrogens with zero attached hydrogens (tertiary/aromatic N) is 1. The molecule has 0 radical (unpaired) electrons. The van der Waals surface area contributed by atoms with Gasteiger partial charge in [-0.3, -0.25) is 9.69 Å². The lowest BCUT2D eigenvalue weighted by Crippen LogP contribution is -2.34. The van der Waals surface area contributed by atoms with E-state index in [2.05, 4.69) is 11.8 Å². The largest absolute Gasteiger partial charge is 0.508 e. The molecule has 0 saturated carbocycles. The molecule has 1 saturated heterocycles. The SMILES string of the molecule is CC(c1ccc(O)cc1)N1CCC(C(=O)O)C1C. The lowest BCUT2D eigenvalue weighted by molar-refractivity contribution is -0.142. The van der Waals surface area contributed by atoms with Crippen LogP contribution in [0.15, 0.2) is 24.3 Å². The molecule has 1 aromatic rings. The van der Waals surface area contributed by atoms with E-state index in [4.69, 9.17) is 5.11 Å². The van der Waals surface area contributed by atoms with Crippen LogP contribution < -0.4 is 0 Å². The molecule has 0 spiro atoms. The van der Waals surface area contributed by atoms with Crippen molar-refractivity contribution in [1.29, 1.82) is 0 Å². The van der Waals surface area contributed by atoms with Crippen LogP contribution >= 0.6 is 0 Å². The summed E-state index contributed by atoms with van der Waals surface area (Å²) in [5, 5.41) is 18.4. The highest BCUT2D eigenvalue weighted by Gasteiger charge is 2.37. The number of rotatable bonds is 3. The Morgan fingerprint density at radius 2 is 2.00 bits per heavy atom. The van der Waals surface area contributed by atoms with Gasteiger partial charge in [-0.05, 0) is 44.5 Å². The van der Waals surface area contributed by atoms with Crippen molar-refractivity contribution in [3.63, 3.8) is 0 Å². The highest BCUT2D eigenvalue weighted by molar-refractivity contribution is 5.71. The molecule has 1 fully saturated rings. The molecule has 1 aliphatic rings. The molecule has 0 aliphatic carbocycles. The Kier molecular flexibility index (Phi) is 3.57. The molecule has 1 aliphatic heterocycles. The Balaban J connectivity index is 2.13. The van der Waals surface area contributed by atoms with Crippen LogP contribution in [0.2, 0.25) is 0 Å². The molecule has 1 heterocycles. The molecule has 98 valence electrons. The van der Waals surface area contributed by atoms with Gasteiger partial charge in [0.25, 0.3) is 0 Å². The number of aliphatic carboxylic acids is 1.